The maximum absolute atomic E-state index is 11.9. The Balaban J connectivity index is 1.29. The van der Waals surface area contributed by atoms with E-state index in [-0.39, 0.29) is 11.8 Å². The molecule has 4 N–H and O–H groups in total. The Kier molecular flexibility index (Phi) is 6.04. The van der Waals surface area contributed by atoms with E-state index >= 15 is 0 Å². The van der Waals surface area contributed by atoms with Crippen molar-refractivity contribution in [1.82, 2.24) is 15.0 Å². The van der Waals surface area contributed by atoms with Gasteiger partial charge in [-0.3, -0.25) is 4.79 Å². The van der Waals surface area contributed by atoms with Gasteiger partial charge in [0.2, 0.25) is 5.91 Å². The van der Waals surface area contributed by atoms with Crippen molar-refractivity contribution >= 4 is 44.4 Å². The third-order valence-corrected chi connectivity index (χ3v) is 8.17. The molecule has 0 radical (unpaired) electrons. The lowest BCUT2D eigenvalue weighted by molar-refractivity contribution is -0.129. The number of pyridine rings is 1. The molecule has 2 saturated heterocycles. The second-order valence-corrected chi connectivity index (χ2v) is 10.6. The number of benzene rings is 2. The maximum atomic E-state index is 11.9. The summed E-state index contributed by atoms with van der Waals surface area (Å²) in [5.41, 5.74) is 16.9. The van der Waals surface area contributed by atoms with Gasteiger partial charge in [0, 0.05) is 35.4 Å². The lowest BCUT2D eigenvalue weighted by Gasteiger charge is -2.42. The highest BCUT2D eigenvalue weighted by molar-refractivity contribution is 9.10. The zero-order valence-corrected chi connectivity index (χ0v) is 21.8. The van der Waals surface area contributed by atoms with Crippen molar-refractivity contribution in [2.24, 2.45) is 11.7 Å². The monoisotopic (exact) mass is 558 g/mol. The number of hydrogen-bond acceptors (Lipinski definition) is 7. The van der Waals surface area contributed by atoms with E-state index in [1.807, 2.05) is 30.3 Å². The predicted octanol–water partition coefficient (Wildman–Crippen LogP) is 4.56. The topological polar surface area (TPSA) is 120 Å². The largest absolute Gasteiger partial charge is 0.383 e. The van der Waals surface area contributed by atoms with Gasteiger partial charge in [-0.25, -0.2) is 15.0 Å². The average Bonchev–Trinajstić information content (AvgIpc) is 3.32. The number of aromatic nitrogens is 3. The number of hydrogen-bond donors (Lipinski definition) is 2. The molecule has 0 saturated carbocycles. The second kappa shape index (κ2) is 9.39. The van der Waals surface area contributed by atoms with Gasteiger partial charge < -0.3 is 21.1 Å². The van der Waals surface area contributed by atoms with Crippen LogP contribution in [0.1, 0.15) is 19.3 Å². The van der Waals surface area contributed by atoms with Crippen molar-refractivity contribution in [1.29, 1.82) is 0 Å². The lowest BCUT2D eigenvalue weighted by Crippen LogP contribution is -2.51. The lowest BCUT2D eigenvalue weighted by atomic mass is 9.79. The molecule has 2 aliphatic rings. The van der Waals surface area contributed by atoms with Crippen LogP contribution in [0.25, 0.3) is 33.4 Å². The Morgan fingerprint density at radius 2 is 1.84 bits per heavy atom. The molecule has 9 heteroatoms. The molecule has 188 valence electrons. The normalized spacial score (nSPS) is 18.9. The van der Waals surface area contributed by atoms with Crippen LogP contribution in [0, 0.1) is 5.92 Å². The first-order chi connectivity index (χ1) is 17.9. The molecule has 8 nitrogen and oxygen atoms in total. The zero-order chi connectivity index (χ0) is 25.6. The summed E-state index contributed by atoms with van der Waals surface area (Å²) in [5, 5.41) is 0.742. The predicted molar refractivity (Wildman–Crippen MR) is 148 cm³/mol. The van der Waals surface area contributed by atoms with Crippen molar-refractivity contribution in [2.45, 2.75) is 24.9 Å². The molecule has 2 fully saturated rings. The smallest absolute Gasteiger partial charge is 0.223 e. The van der Waals surface area contributed by atoms with Crippen LogP contribution in [0.5, 0.6) is 0 Å². The number of ether oxygens (including phenoxy) is 1. The molecule has 2 aromatic carbocycles. The Bertz CT molecular complexity index is 1480. The van der Waals surface area contributed by atoms with E-state index in [0.717, 1.165) is 70.3 Å². The van der Waals surface area contributed by atoms with Gasteiger partial charge in [-0.2, -0.15) is 0 Å². The van der Waals surface area contributed by atoms with Gasteiger partial charge in [0.25, 0.3) is 0 Å². The Hall–Kier alpha value is -3.56. The number of amides is 1. The van der Waals surface area contributed by atoms with Crippen molar-refractivity contribution in [3.63, 3.8) is 0 Å². The summed E-state index contributed by atoms with van der Waals surface area (Å²) in [5.74, 6) is -0.0252. The highest BCUT2D eigenvalue weighted by atomic mass is 79.9. The molecule has 2 aromatic heterocycles. The van der Waals surface area contributed by atoms with Gasteiger partial charge in [0.15, 0.2) is 5.65 Å². The maximum Gasteiger partial charge on any atom is 0.223 e. The fourth-order valence-electron chi connectivity index (χ4n) is 5.74. The number of nitrogens with zero attached hydrogens (tertiary/aromatic N) is 4. The third kappa shape index (κ3) is 4.32. The van der Waals surface area contributed by atoms with E-state index in [4.69, 9.17) is 21.2 Å². The number of carbonyl (C=O) groups is 1. The van der Waals surface area contributed by atoms with Gasteiger partial charge in [-0.15, -0.1) is 0 Å². The molecule has 1 unspecified atom stereocenters. The van der Waals surface area contributed by atoms with Crippen LogP contribution < -0.4 is 16.4 Å². The van der Waals surface area contributed by atoms with Gasteiger partial charge in [0.1, 0.15) is 12.1 Å². The van der Waals surface area contributed by atoms with E-state index in [9.17, 15) is 4.79 Å². The second-order valence-electron chi connectivity index (χ2n) is 9.71. The first-order valence-electron chi connectivity index (χ1n) is 12.4. The molecular formula is C28H27BrN6O2. The quantitative estimate of drug-likeness (QED) is 0.376. The van der Waals surface area contributed by atoms with Crippen molar-refractivity contribution < 1.29 is 9.53 Å². The molecule has 1 amide bonds. The number of nitrogen functional groups attached to an aromatic ring is 1. The van der Waals surface area contributed by atoms with Crippen molar-refractivity contribution in [3.8, 4) is 22.4 Å². The molecular weight excluding hydrogens is 532 g/mol. The van der Waals surface area contributed by atoms with E-state index in [1.54, 1.807) is 0 Å². The number of rotatable bonds is 4. The van der Waals surface area contributed by atoms with E-state index < -0.39 is 5.60 Å². The Morgan fingerprint density at radius 3 is 2.57 bits per heavy atom. The molecule has 4 heterocycles. The van der Waals surface area contributed by atoms with Crippen LogP contribution in [0.15, 0.2) is 65.4 Å². The number of fused-ring (bicyclic) bond motifs is 1. The van der Waals surface area contributed by atoms with Crippen molar-refractivity contribution in [2.75, 3.05) is 30.3 Å². The minimum Gasteiger partial charge on any atom is -0.383 e. The van der Waals surface area contributed by atoms with Gasteiger partial charge >= 0.3 is 0 Å². The molecule has 37 heavy (non-hydrogen) atoms. The fourth-order valence-corrected chi connectivity index (χ4v) is 6.14. The van der Waals surface area contributed by atoms with Crippen LogP contribution in [-0.2, 0) is 9.53 Å². The van der Waals surface area contributed by atoms with Gasteiger partial charge in [-0.1, -0.05) is 40.2 Å². The van der Waals surface area contributed by atoms with Crippen LogP contribution in [0.2, 0.25) is 0 Å². The summed E-state index contributed by atoms with van der Waals surface area (Å²) in [6, 6.07) is 18.5. The first kappa shape index (κ1) is 23.8. The highest BCUT2D eigenvalue weighted by Gasteiger charge is 2.48. The van der Waals surface area contributed by atoms with Gasteiger partial charge in [-0.05, 0) is 60.7 Å². The summed E-state index contributed by atoms with van der Waals surface area (Å²) in [4.78, 5) is 27.7. The number of halogens is 1. The SMILES string of the molecule is NC(=O)C1CCOC12CCN(c1ccc(-c3cc(-c4cccc(Br)c4)c4c(N)ncnc4n3)cc1)CC2. The van der Waals surface area contributed by atoms with Gasteiger partial charge in [0.05, 0.1) is 22.6 Å². The number of nitrogens with two attached hydrogens (primary N) is 2. The molecule has 0 bridgehead atoms. The molecule has 1 spiro atoms. The van der Waals surface area contributed by atoms with E-state index in [0.29, 0.717) is 18.1 Å². The number of piperidine rings is 1. The van der Waals surface area contributed by atoms with Crippen LogP contribution in [0.3, 0.4) is 0 Å². The average molecular weight is 559 g/mol. The van der Waals surface area contributed by atoms with Crippen LogP contribution >= 0.6 is 15.9 Å². The first-order valence-corrected chi connectivity index (χ1v) is 13.2. The molecule has 4 aromatic rings. The number of anilines is 2. The number of carbonyl (C=O) groups excluding carboxylic acids is 1. The summed E-state index contributed by atoms with van der Waals surface area (Å²) in [6.07, 6.45) is 3.76. The van der Waals surface area contributed by atoms with E-state index in [1.165, 1.54) is 6.33 Å². The molecule has 2 aliphatic heterocycles. The summed E-state index contributed by atoms with van der Waals surface area (Å²) < 4.78 is 7.03. The minimum absolute atomic E-state index is 0.187. The highest BCUT2D eigenvalue weighted by Crippen LogP contribution is 2.41. The minimum atomic E-state index is -0.399. The zero-order valence-electron chi connectivity index (χ0n) is 20.2. The third-order valence-electron chi connectivity index (χ3n) is 7.68. The Labute approximate surface area is 223 Å². The fraction of sp³-hybridized carbons (Fsp3) is 0.286. The van der Waals surface area contributed by atoms with Crippen LogP contribution in [-0.4, -0.2) is 46.2 Å². The molecule has 1 atom stereocenters. The summed E-state index contributed by atoms with van der Waals surface area (Å²) in [6.45, 7) is 2.25. The molecule has 0 aliphatic carbocycles. The summed E-state index contributed by atoms with van der Waals surface area (Å²) >= 11 is 3.57. The Morgan fingerprint density at radius 1 is 1.05 bits per heavy atom. The van der Waals surface area contributed by atoms with E-state index in [2.05, 4.69) is 55.1 Å². The molecule has 6 rings (SSSR count). The standard InChI is InChI=1S/C28H27BrN6O2/c29-19-3-1-2-18(14-19)21-15-23(34-27-24(21)25(30)32-16-33-27)17-4-6-20(7-5-17)35-11-9-28(10-12-35)22(26(31)36)8-13-37-28/h1-7,14-16,22H,8-13H2,(H2,31,36)(H2,30,32,33,34). The summed E-state index contributed by atoms with van der Waals surface area (Å²) in [7, 11) is 0. The number of primary amides is 1. The van der Waals surface area contributed by atoms with Crippen LogP contribution in [0.4, 0.5) is 11.5 Å². The van der Waals surface area contributed by atoms with Crippen molar-refractivity contribution in [3.05, 3.63) is 65.4 Å².